The minimum Gasteiger partial charge on any atom is -0.364 e. The van der Waals surface area contributed by atoms with Gasteiger partial charge in [0.1, 0.15) is 6.26 Å². The van der Waals surface area contributed by atoms with Gasteiger partial charge in [-0.3, -0.25) is 14.3 Å². The highest BCUT2D eigenvalue weighted by atomic mass is 16.5. The Kier molecular flexibility index (Phi) is 5.33. The number of benzene rings is 1. The largest absolute Gasteiger partial charge is 0.364 e. The highest BCUT2D eigenvalue weighted by Crippen LogP contribution is 2.27. The van der Waals surface area contributed by atoms with Gasteiger partial charge in [-0.15, -0.1) is 0 Å². The molecule has 4 rings (SSSR count). The fraction of sp³-hybridized carbons (Fsp3) is 0.429. The zero-order chi connectivity index (χ0) is 20.4. The normalized spacial score (nSPS) is 19.4. The third-order valence-electron chi connectivity index (χ3n) is 5.46. The average Bonchev–Trinajstić information content (AvgIpc) is 3.38. The number of aromatic nitrogens is 3. The lowest BCUT2D eigenvalue weighted by Crippen LogP contribution is -2.39. The lowest BCUT2D eigenvalue weighted by atomic mass is 9.85. The van der Waals surface area contributed by atoms with E-state index >= 15 is 0 Å². The highest BCUT2D eigenvalue weighted by molar-refractivity contribution is 5.95. The van der Waals surface area contributed by atoms with Crippen LogP contribution in [0.5, 0.6) is 0 Å². The quantitative estimate of drug-likeness (QED) is 0.688. The van der Waals surface area contributed by atoms with Gasteiger partial charge in [0, 0.05) is 35.1 Å². The monoisotopic (exact) mass is 395 g/mol. The molecule has 1 aromatic carbocycles. The highest BCUT2D eigenvalue weighted by Gasteiger charge is 2.27. The first-order valence-electron chi connectivity index (χ1n) is 10.0. The van der Waals surface area contributed by atoms with Crippen LogP contribution in [0.3, 0.4) is 0 Å². The molecular formula is C21H25N5O3. The molecule has 0 unspecified atom stereocenters. The van der Waals surface area contributed by atoms with Gasteiger partial charge in [-0.2, -0.15) is 5.10 Å². The maximum absolute atomic E-state index is 12.7. The zero-order valence-corrected chi connectivity index (χ0v) is 16.6. The van der Waals surface area contributed by atoms with Gasteiger partial charge in [-0.05, 0) is 57.7 Å². The fourth-order valence-corrected chi connectivity index (χ4v) is 3.88. The number of nitrogens with zero attached hydrogens (tertiary/aromatic N) is 3. The standard InChI is InChI=1S/C21H25N5O3/c1-13(2)26-19-8-7-17(11-15(19)12-22-26)24-20(27)14-3-5-16(6-4-14)23-21(28)18-9-10-29-25-18/h7-14,16H,3-6H2,1-2H3,(H,23,28)(H,24,27). The Morgan fingerprint density at radius 3 is 2.66 bits per heavy atom. The van der Waals surface area contributed by atoms with Crippen LogP contribution in [-0.2, 0) is 4.79 Å². The van der Waals surface area contributed by atoms with E-state index in [9.17, 15) is 9.59 Å². The molecule has 2 amide bonds. The molecular weight excluding hydrogens is 370 g/mol. The average molecular weight is 395 g/mol. The van der Waals surface area contributed by atoms with Crippen molar-refractivity contribution in [2.24, 2.45) is 5.92 Å². The zero-order valence-electron chi connectivity index (χ0n) is 16.6. The summed E-state index contributed by atoms with van der Waals surface area (Å²) in [5.74, 6) is -0.256. The molecule has 0 bridgehead atoms. The molecule has 0 saturated heterocycles. The van der Waals surface area contributed by atoms with E-state index in [0.717, 1.165) is 42.3 Å². The van der Waals surface area contributed by atoms with Crippen molar-refractivity contribution in [2.45, 2.75) is 51.6 Å². The lowest BCUT2D eigenvalue weighted by molar-refractivity contribution is -0.120. The van der Waals surface area contributed by atoms with Crippen LogP contribution in [0.4, 0.5) is 5.69 Å². The molecule has 8 nitrogen and oxygen atoms in total. The van der Waals surface area contributed by atoms with Gasteiger partial charge < -0.3 is 15.2 Å². The van der Waals surface area contributed by atoms with Crippen LogP contribution >= 0.6 is 0 Å². The topological polar surface area (TPSA) is 102 Å². The summed E-state index contributed by atoms with van der Waals surface area (Å²) < 4.78 is 6.67. The summed E-state index contributed by atoms with van der Waals surface area (Å²) in [6, 6.07) is 7.76. The van der Waals surface area contributed by atoms with Gasteiger partial charge in [0.25, 0.3) is 5.91 Å². The Morgan fingerprint density at radius 1 is 1.17 bits per heavy atom. The lowest BCUT2D eigenvalue weighted by Gasteiger charge is -2.28. The molecule has 2 heterocycles. The predicted octanol–water partition coefficient (Wildman–Crippen LogP) is 3.53. The molecule has 1 saturated carbocycles. The Hall–Kier alpha value is -3.16. The minimum absolute atomic E-state index is 0.0295. The Labute approximate surface area is 168 Å². The molecule has 2 N–H and O–H groups in total. The van der Waals surface area contributed by atoms with Crippen LogP contribution in [0.1, 0.15) is 56.1 Å². The van der Waals surface area contributed by atoms with E-state index < -0.39 is 0 Å². The van der Waals surface area contributed by atoms with E-state index in [-0.39, 0.29) is 35.5 Å². The van der Waals surface area contributed by atoms with Gasteiger partial charge in [0.15, 0.2) is 5.69 Å². The van der Waals surface area contributed by atoms with Crippen molar-refractivity contribution in [2.75, 3.05) is 5.32 Å². The van der Waals surface area contributed by atoms with Gasteiger partial charge in [-0.25, -0.2) is 0 Å². The fourth-order valence-electron chi connectivity index (χ4n) is 3.88. The van der Waals surface area contributed by atoms with Crippen molar-refractivity contribution in [1.82, 2.24) is 20.3 Å². The van der Waals surface area contributed by atoms with E-state index in [1.165, 1.54) is 12.3 Å². The molecule has 1 aliphatic rings. The van der Waals surface area contributed by atoms with Crippen molar-refractivity contribution >= 4 is 28.4 Å². The number of hydrogen-bond donors (Lipinski definition) is 2. The second-order valence-corrected chi connectivity index (χ2v) is 7.85. The van der Waals surface area contributed by atoms with Crippen LogP contribution < -0.4 is 10.6 Å². The molecule has 29 heavy (non-hydrogen) atoms. The van der Waals surface area contributed by atoms with Crippen LogP contribution in [0.25, 0.3) is 10.9 Å². The SMILES string of the molecule is CC(C)n1ncc2cc(NC(=O)C3CCC(NC(=O)c4ccon4)CC3)ccc21. The number of carbonyl (C=O) groups excluding carboxylic acids is 2. The third kappa shape index (κ3) is 4.16. The maximum Gasteiger partial charge on any atom is 0.273 e. The Morgan fingerprint density at radius 2 is 1.97 bits per heavy atom. The van der Waals surface area contributed by atoms with Crippen LogP contribution in [0.15, 0.2) is 41.2 Å². The van der Waals surface area contributed by atoms with Crippen molar-refractivity contribution in [3.8, 4) is 0 Å². The first kappa shape index (κ1) is 19.2. The van der Waals surface area contributed by atoms with E-state index in [1.807, 2.05) is 29.1 Å². The van der Waals surface area contributed by atoms with Gasteiger partial charge >= 0.3 is 0 Å². The second-order valence-electron chi connectivity index (χ2n) is 7.85. The molecule has 0 atom stereocenters. The number of anilines is 1. The number of amides is 2. The van der Waals surface area contributed by atoms with Gasteiger partial charge in [-0.1, -0.05) is 5.16 Å². The van der Waals surface area contributed by atoms with Gasteiger partial charge in [0.2, 0.25) is 5.91 Å². The number of hydrogen-bond acceptors (Lipinski definition) is 5. The Bertz CT molecular complexity index is 1000. The molecule has 152 valence electrons. The smallest absolute Gasteiger partial charge is 0.273 e. The van der Waals surface area contributed by atoms with Crippen LogP contribution in [0, 0.1) is 5.92 Å². The number of fused-ring (bicyclic) bond motifs is 1. The van der Waals surface area contributed by atoms with Crippen molar-refractivity contribution < 1.29 is 14.1 Å². The number of rotatable bonds is 5. The van der Waals surface area contributed by atoms with E-state index in [4.69, 9.17) is 4.52 Å². The van der Waals surface area contributed by atoms with Crippen molar-refractivity contribution in [3.05, 3.63) is 42.4 Å². The van der Waals surface area contributed by atoms with Crippen molar-refractivity contribution in [3.63, 3.8) is 0 Å². The van der Waals surface area contributed by atoms with E-state index in [1.54, 1.807) is 0 Å². The summed E-state index contributed by atoms with van der Waals surface area (Å²) in [4.78, 5) is 24.8. The third-order valence-corrected chi connectivity index (χ3v) is 5.46. The first-order chi connectivity index (χ1) is 14.0. The molecule has 1 aliphatic carbocycles. The maximum atomic E-state index is 12.7. The molecule has 3 aromatic rings. The van der Waals surface area contributed by atoms with E-state index in [2.05, 4.69) is 34.7 Å². The summed E-state index contributed by atoms with van der Waals surface area (Å²) in [7, 11) is 0. The molecule has 0 spiro atoms. The van der Waals surface area contributed by atoms with Crippen LogP contribution in [0.2, 0.25) is 0 Å². The Balaban J connectivity index is 1.32. The molecule has 0 aliphatic heterocycles. The summed E-state index contributed by atoms with van der Waals surface area (Å²) in [6.45, 7) is 4.18. The molecule has 8 heteroatoms. The first-order valence-corrected chi connectivity index (χ1v) is 10.0. The molecule has 0 radical (unpaired) electrons. The summed E-state index contributed by atoms with van der Waals surface area (Å²) in [5.41, 5.74) is 2.12. The number of carbonyl (C=O) groups is 2. The van der Waals surface area contributed by atoms with E-state index in [0.29, 0.717) is 0 Å². The predicted molar refractivity (Wildman–Crippen MR) is 108 cm³/mol. The summed E-state index contributed by atoms with van der Waals surface area (Å²) in [5, 5.41) is 15.1. The summed E-state index contributed by atoms with van der Waals surface area (Å²) in [6.07, 6.45) is 6.21. The number of nitrogens with one attached hydrogen (secondary N) is 2. The van der Waals surface area contributed by atoms with Crippen LogP contribution in [-0.4, -0.2) is 32.8 Å². The van der Waals surface area contributed by atoms with Gasteiger partial charge in [0.05, 0.1) is 11.7 Å². The van der Waals surface area contributed by atoms with Crippen molar-refractivity contribution in [1.29, 1.82) is 0 Å². The second kappa shape index (κ2) is 8.06. The molecule has 1 fully saturated rings. The summed E-state index contributed by atoms with van der Waals surface area (Å²) >= 11 is 0. The molecule has 2 aromatic heterocycles. The minimum atomic E-state index is -0.234.